The van der Waals surface area contributed by atoms with Gasteiger partial charge in [-0.2, -0.15) is 5.10 Å². The first kappa shape index (κ1) is 19.0. The Morgan fingerprint density at radius 1 is 1.37 bits per heavy atom. The predicted octanol–water partition coefficient (Wildman–Crippen LogP) is 3.42. The number of thiophene rings is 1. The zero-order valence-corrected chi connectivity index (χ0v) is 16.4. The maximum absolute atomic E-state index is 12.8. The summed E-state index contributed by atoms with van der Waals surface area (Å²) in [6, 6.07) is 5.87. The van der Waals surface area contributed by atoms with Crippen molar-refractivity contribution in [1.82, 2.24) is 20.1 Å². The summed E-state index contributed by atoms with van der Waals surface area (Å²) in [5, 5.41) is 9.98. The van der Waals surface area contributed by atoms with Gasteiger partial charge in [0.1, 0.15) is 0 Å². The van der Waals surface area contributed by atoms with Crippen LogP contribution < -0.4 is 5.32 Å². The van der Waals surface area contributed by atoms with E-state index >= 15 is 0 Å². The monoisotopic (exact) mass is 386 g/mol. The Kier molecular flexibility index (Phi) is 5.85. The molecule has 0 spiro atoms. The van der Waals surface area contributed by atoms with Crippen LogP contribution in [0.1, 0.15) is 43.1 Å². The highest BCUT2D eigenvalue weighted by Gasteiger charge is 2.18. The first-order chi connectivity index (χ1) is 13.0. The first-order valence-electron chi connectivity index (χ1n) is 8.78. The number of aromatic nitrogens is 3. The lowest BCUT2D eigenvalue weighted by Gasteiger charge is -2.10. The van der Waals surface area contributed by atoms with Crippen LogP contribution >= 0.6 is 11.3 Å². The van der Waals surface area contributed by atoms with E-state index in [1.54, 1.807) is 23.6 Å². The van der Waals surface area contributed by atoms with Crippen LogP contribution in [-0.4, -0.2) is 40.3 Å². The molecule has 0 atom stereocenters. The van der Waals surface area contributed by atoms with Gasteiger partial charge in [-0.15, -0.1) is 11.3 Å². The molecule has 0 aliphatic carbocycles. The highest BCUT2D eigenvalue weighted by molar-refractivity contribution is 7.13. The summed E-state index contributed by atoms with van der Waals surface area (Å²) in [6.07, 6.45) is 2.48. The van der Waals surface area contributed by atoms with Crippen molar-refractivity contribution >= 4 is 34.2 Å². The molecule has 3 aromatic heterocycles. The molecule has 142 valence electrons. The van der Waals surface area contributed by atoms with E-state index in [-0.39, 0.29) is 24.3 Å². The van der Waals surface area contributed by atoms with Crippen molar-refractivity contribution in [2.75, 3.05) is 13.7 Å². The van der Waals surface area contributed by atoms with E-state index < -0.39 is 0 Å². The van der Waals surface area contributed by atoms with Crippen molar-refractivity contribution in [1.29, 1.82) is 0 Å². The van der Waals surface area contributed by atoms with E-state index in [4.69, 9.17) is 4.98 Å². The summed E-state index contributed by atoms with van der Waals surface area (Å²) in [5.74, 6) is -0.484. The number of hydrogen-bond acceptors (Lipinski definition) is 6. The van der Waals surface area contributed by atoms with Crippen molar-refractivity contribution in [3.8, 4) is 10.6 Å². The van der Waals surface area contributed by atoms with Gasteiger partial charge >= 0.3 is 5.97 Å². The third-order valence-electron chi connectivity index (χ3n) is 4.15. The second-order valence-electron chi connectivity index (χ2n) is 6.39. The van der Waals surface area contributed by atoms with Crippen molar-refractivity contribution in [2.45, 2.75) is 32.7 Å². The zero-order valence-electron chi connectivity index (χ0n) is 15.6. The molecule has 0 aromatic carbocycles. The molecule has 3 rings (SSSR count). The van der Waals surface area contributed by atoms with E-state index in [2.05, 4.69) is 15.2 Å². The van der Waals surface area contributed by atoms with Crippen LogP contribution in [0.4, 0.5) is 0 Å². The summed E-state index contributed by atoms with van der Waals surface area (Å²) in [6.45, 7) is 4.45. The summed E-state index contributed by atoms with van der Waals surface area (Å²) < 4.78 is 6.43. The van der Waals surface area contributed by atoms with Crippen LogP contribution in [0.5, 0.6) is 0 Å². The smallest absolute Gasteiger partial charge is 0.305 e. The number of hydrogen-bond donors (Lipinski definition) is 1. The van der Waals surface area contributed by atoms with Crippen LogP contribution in [0.3, 0.4) is 0 Å². The molecule has 7 nitrogen and oxygen atoms in total. The van der Waals surface area contributed by atoms with E-state index in [0.717, 1.165) is 16.0 Å². The van der Waals surface area contributed by atoms with Gasteiger partial charge in [0.2, 0.25) is 0 Å². The summed E-state index contributed by atoms with van der Waals surface area (Å²) in [7, 11) is 1.35. The topological polar surface area (TPSA) is 86.1 Å². The lowest BCUT2D eigenvalue weighted by Crippen LogP contribution is -2.25. The summed E-state index contributed by atoms with van der Waals surface area (Å²) in [5.41, 5.74) is 1.98. The van der Waals surface area contributed by atoms with E-state index in [9.17, 15) is 9.59 Å². The van der Waals surface area contributed by atoms with Crippen molar-refractivity contribution in [3.63, 3.8) is 0 Å². The number of fused-ring (bicyclic) bond motifs is 1. The van der Waals surface area contributed by atoms with Crippen LogP contribution in [-0.2, 0) is 9.53 Å². The molecule has 0 bridgehead atoms. The lowest BCUT2D eigenvalue weighted by molar-refractivity contribution is -0.140. The predicted molar refractivity (Wildman–Crippen MR) is 105 cm³/mol. The van der Waals surface area contributed by atoms with Crippen LogP contribution in [0.2, 0.25) is 0 Å². The third-order valence-corrected chi connectivity index (χ3v) is 5.04. The van der Waals surface area contributed by atoms with Gasteiger partial charge in [0.05, 0.1) is 34.8 Å². The van der Waals surface area contributed by atoms with Crippen molar-refractivity contribution in [2.24, 2.45) is 0 Å². The SMILES string of the molecule is COC(=O)CCCNC(=O)c1cc(-c2cccs2)nc2c1cnn2C(C)C. The highest BCUT2D eigenvalue weighted by Crippen LogP contribution is 2.28. The Labute approximate surface area is 161 Å². The number of amides is 1. The van der Waals surface area contributed by atoms with Gasteiger partial charge in [-0.05, 0) is 37.8 Å². The Morgan fingerprint density at radius 2 is 2.19 bits per heavy atom. The fraction of sp³-hybridized carbons (Fsp3) is 0.368. The molecule has 0 aliphatic rings. The van der Waals surface area contributed by atoms with E-state index in [1.807, 2.05) is 36.0 Å². The average Bonchev–Trinajstić information content (AvgIpc) is 3.33. The average molecular weight is 386 g/mol. The molecule has 0 fully saturated rings. The minimum absolute atomic E-state index is 0.129. The van der Waals surface area contributed by atoms with Gasteiger partial charge in [-0.25, -0.2) is 9.67 Å². The number of carbonyl (C=O) groups excluding carboxylic acids is 2. The third kappa shape index (κ3) is 4.16. The number of esters is 1. The number of methoxy groups -OCH3 is 1. The highest BCUT2D eigenvalue weighted by atomic mass is 32.1. The fourth-order valence-corrected chi connectivity index (χ4v) is 3.45. The Hall–Kier alpha value is -2.74. The molecular weight excluding hydrogens is 364 g/mol. The van der Waals surface area contributed by atoms with E-state index in [0.29, 0.717) is 24.2 Å². The summed E-state index contributed by atoms with van der Waals surface area (Å²) in [4.78, 5) is 29.7. The van der Waals surface area contributed by atoms with Gasteiger partial charge in [-0.3, -0.25) is 9.59 Å². The molecule has 27 heavy (non-hydrogen) atoms. The zero-order chi connectivity index (χ0) is 19.4. The van der Waals surface area contributed by atoms with Gasteiger partial charge in [0.25, 0.3) is 5.91 Å². The molecule has 0 saturated heterocycles. The summed E-state index contributed by atoms with van der Waals surface area (Å²) >= 11 is 1.57. The molecule has 1 N–H and O–H groups in total. The van der Waals surface area contributed by atoms with Gasteiger partial charge < -0.3 is 10.1 Å². The molecule has 3 heterocycles. The largest absolute Gasteiger partial charge is 0.469 e. The molecule has 0 unspecified atom stereocenters. The normalized spacial score (nSPS) is 11.1. The second-order valence-corrected chi connectivity index (χ2v) is 7.34. The standard InChI is InChI=1S/C19H22N4O3S/c1-12(2)23-18-14(11-21-23)13(10-15(22-18)16-6-5-9-27-16)19(25)20-8-4-7-17(24)26-3/h5-6,9-12H,4,7-8H2,1-3H3,(H,20,25). The molecule has 8 heteroatoms. The number of nitrogens with one attached hydrogen (secondary N) is 1. The molecule has 0 aliphatic heterocycles. The molecule has 0 saturated carbocycles. The lowest BCUT2D eigenvalue weighted by atomic mass is 10.1. The first-order valence-corrected chi connectivity index (χ1v) is 9.66. The van der Waals surface area contributed by atoms with Gasteiger partial charge in [-0.1, -0.05) is 6.07 Å². The quantitative estimate of drug-likeness (QED) is 0.497. The van der Waals surface area contributed by atoms with Crippen LogP contribution in [0, 0.1) is 0 Å². The molecular formula is C19H22N4O3S. The minimum atomic E-state index is -0.284. The van der Waals surface area contributed by atoms with Crippen LogP contribution in [0.15, 0.2) is 29.8 Å². The fourth-order valence-electron chi connectivity index (χ4n) is 2.77. The molecule has 1 amide bonds. The number of rotatable bonds is 7. The number of nitrogens with zero attached hydrogens (tertiary/aromatic N) is 3. The van der Waals surface area contributed by atoms with Gasteiger partial charge in [0.15, 0.2) is 5.65 Å². The van der Waals surface area contributed by atoms with Crippen molar-refractivity contribution in [3.05, 3.63) is 35.3 Å². The Morgan fingerprint density at radius 3 is 2.85 bits per heavy atom. The van der Waals surface area contributed by atoms with E-state index in [1.165, 1.54) is 7.11 Å². The number of carbonyl (C=O) groups is 2. The van der Waals surface area contributed by atoms with Crippen LogP contribution in [0.25, 0.3) is 21.6 Å². The second kappa shape index (κ2) is 8.30. The Bertz CT molecular complexity index is 947. The van der Waals surface area contributed by atoms with Gasteiger partial charge in [0, 0.05) is 19.0 Å². The Balaban J connectivity index is 1.91. The number of ether oxygens (including phenoxy) is 1. The minimum Gasteiger partial charge on any atom is -0.469 e. The molecule has 3 aromatic rings. The maximum atomic E-state index is 12.8. The molecule has 0 radical (unpaired) electrons. The van der Waals surface area contributed by atoms with Crippen molar-refractivity contribution < 1.29 is 14.3 Å². The number of pyridine rings is 1. The maximum Gasteiger partial charge on any atom is 0.305 e.